The van der Waals surface area contributed by atoms with Gasteiger partial charge >= 0.3 is 0 Å². The topological polar surface area (TPSA) is 128 Å². The summed E-state index contributed by atoms with van der Waals surface area (Å²) in [6, 6.07) is 30.2. The van der Waals surface area contributed by atoms with Gasteiger partial charge in [0, 0.05) is 52.1 Å². The standard InChI is InChI=1S/C35H36N6O3/c1-23-13-14-26(33(44)41-35(2,3)22-36-19-20-42)21-30(23)38-32(43)25-15-17-27(18-16-25)37-34-39-29-12-8-7-11-28(29)31(40-34)24-9-5-4-6-10-24/h4-18,21,36,42H,19-20,22H2,1-3H3,(H,38,43)(H,41,44)(H,37,39,40). The van der Waals surface area contributed by atoms with Gasteiger partial charge < -0.3 is 26.4 Å². The third kappa shape index (κ3) is 7.44. The number of nitrogens with zero attached hydrogens (tertiary/aromatic N) is 2. The third-order valence-corrected chi connectivity index (χ3v) is 7.11. The molecule has 1 aromatic heterocycles. The maximum absolute atomic E-state index is 13.2. The maximum Gasteiger partial charge on any atom is 0.255 e. The summed E-state index contributed by atoms with van der Waals surface area (Å²) in [5, 5.41) is 22.3. The average molecular weight is 589 g/mol. The molecule has 0 saturated carbocycles. The van der Waals surface area contributed by atoms with E-state index >= 15 is 0 Å². The molecule has 0 saturated heterocycles. The summed E-state index contributed by atoms with van der Waals surface area (Å²) in [6.07, 6.45) is 0. The summed E-state index contributed by atoms with van der Waals surface area (Å²) in [5.41, 5.74) is 5.15. The highest BCUT2D eigenvalue weighted by Crippen LogP contribution is 2.28. The van der Waals surface area contributed by atoms with Crippen LogP contribution in [0.5, 0.6) is 0 Å². The molecule has 0 unspecified atom stereocenters. The van der Waals surface area contributed by atoms with Crippen LogP contribution in [0.4, 0.5) is 17.3 Å². The Morgan fingerprint density at radius 1 is 0.818 bits per heavy atom. The lowest BCUT2D eigenvalue weighted by molar-refractivity contribution is 0.0911. The Hall–Kier alpha value is -5.12. The van der Waals surface area contributed by atoms with Crippen LogP contribution in [0.2, 0.25) is 0 Å². The van der Waals surface area contributed by atoms with E-state index in [1.54, 1.807) is 36.4 Å². The fraction of sp³-hybridized carbons (Fsp3) is 0.200. The molecule has 0 aliphatic rings. The normalized spacial score (nSPS) is 11.3. The van der Waals surface area contributed by atoms with Crippen molar-refractivity contribution >= 4 is 40.0 Å². The Bertz CT molecular complexity index is 1770. The van der Waals surface area contributed by atoms with Gasteiger partial charge in [-0.1, -0.05) is 54.6 Å². The molecular weight excluding hydrogens is 552 g/mol. The van der Waals surface area contributed by atoms with Crippen molar-refractivity contribution < 1.29 is 14.7 Å². The minimum Gasteiger partial charge on any atom is -0.395 e. The number of rotatable bonds is 11. The first-order valence-electron chi connectivity index (χ1n) is 14.5. The van der Waals surface area contributed by atoms with Crippen LogP contribution in [0.3, 0.4) is 0 Å². The molecule has 224 valence electrons. The van der Waals surface area contributed by atoms with E-state index in [0.717, 1.165) is 33.4 Å². The summed E-state index contributed by atoms with van der Waals surface area (Å²) in [7, 11) is 0. The molecule has 5 N–H and O–H groups in total. The van der Waals surface area contributed by atoms with Crippen molar-refractivity contribution in [3.8, 4) is 11.3 Å². The first-order chi connectivity index (χ1) is 21.2. The zero-order valence-electron chi connectivity index (χ0n) is 25.0. The van der Waals surface area contributed by atoms with Gasteiger partial charge in [0.2, 0.25) is 5.95 Å². The predicted molar refractivity (Wildman–Crippen MR) is 175 cm³/mol. The van der Waals surface area contributed by atoms with E-state index in [1.807, 2.05) is 81.4 Å². The molecule has 1 heterocycles. The number of carbonyl (C=O) groups excluding carboxylic acids is 2. The van der Waals surface area contributed by atoms with Crippen molar-refractivity contribution in [3.05, 3.63) is 114 Å². The largest absolute Gasteiger partial charge is 0.395 e. The van der Waals surface area contributed by atoms with Crippen molar-refractivity contribution in [2.45, 2.75) is 26.3 Å². The smallest absolute Gasteiger partial charge is 0.255 e. The van der Waals surface area contributed by atoms with Gasteiger partial charge in [-0.05, 0) is 68.8 Å². The molecular formula is C35H36N6O3. The second-order valence-electron chi connectivity index (χ2n) is 11.2. The van der Waals surface area contributed by atoms with Crippen molar-refractivity contribution in [2.24, 2.45) is 0 Å². The minimum atomic E-state index is -0.530. The Morgan fingerprint density at radius 3 is 2.27 bits per heavy atom. The number of aryl methyl sites for hydroxylation is 1. The number of aromatic nitrogens is 2. The van der Waals surface area contributed by atoms with Gasteiger partial charge in [0.25, 0.3) is 11.8 Å². The minimum absolute atomic E-state index is 0.0265. The van der Waals surface area contributed by atoms with Gasteiger partial charge in [-0.2, -0.15) is 0 Å². The molecule has 0 atom stereocenters. The molecule has 44 heavy (non-hydrogen) atoms. The number of nitrogens with one attached hydrogen (secondary N) is 4. The van der Waals surface area contributed by atoms with E-state index in [-0.39, 0.29) is 18.4 Å². The predicted octanol–water partition coefficient (Wildman–Crippen LogP) is 5.69. The van der Waals surface area contributed by atoms with Gasteiger partial charge in [0.15, 0.2) is 0 Å². The Labute approximate surface area is 256 Å². The second kappa shape index (κ2) is 13.5. The average Bonchev–Trinajstić information content (AvgIpc) is 3.02. The number of para-hydroxylation sites is 1. The zero-order chi connectivity index (χ0) is 31.1. The fourth-order valence-corrected chi connectivity index (χ4v) is 4.78. The molecule has 5 aromatic rings. The maximum atomic E-state index is 13.2. The summed E-state index contributed by atoms with van der Waals surface area (Å²) < 4.78 is 0. The highest BCUT2D eigenvalue weighted by Gasteiger charge is 2.21. The molecule has 5 rings (SSSR count). The SMILES string of the molecule is Cc1ccc(C(=O)NC(C)(C)CNCCO)cc1NC(=O)c1ccc(Nc2nc(-c3ccccc3)c3ccccc3n2)cc1. The Morgan fingerprint density at radius 2 is 1.52 bits per heavy atom. The highest BCUT2D eigenvalue weighted by atomic mass is 16.3. The van der Waals surface area contributed by atoms with Crippen LogP contribution in [-0.4, -0.2) is 52.1 Å². The number of benzene rings is 4. The number of amides is 2. The van der Waals surface area contributed by atoms with Crippen LogP contribution in [-0.2, 0) is 0 Å². The molecule has 2 amide bonds. The molecule has 4 aromatic carbocycles. The van der Waals surface area contributed by atoms with Gasteiger partial charge in [-0.15, -0.1) is 0 Å². The Kier molecular flexibility index (Phi) is 9.28. The lowest BCUT2D eigenvalue weighted by atomic mass is 10.0. The first kappa shape index (κ1) is 30.3. The fourth-order valence-electron chi connectivity index (χ4n) is 4.78. The second-order valence-corrected chi connectivity index (χ2v) is 11.2. The van der Waals surface area contributed by atoms with Crippen LogP contribution < -0.4 is 21.3 Å². The van der Waals surface area contributed by atoms with Gasteiger partial charge in [-0.25, -0.2) is 9.97 Å². The molecule has 0 spiro atoms. The molecule has 0 radical (unpaired) electrons. The van der Waals surface area contributed by atoms with Crippen LogP contribution in [0, 0.1) is 6.92 Å². The highest BCUT2D eigenvalue weighted by molar-refractivity contribution is 6.06. The summed E-state index contributed by atoms with van der Waals surface area (Å²) in [5.74, 6) is -0.0880. The van der Waals surface area contributed by atoms with Gasteiger partial charge in [0.05, 0.1) is 17.8 Å². The van der Waals surface area contributed by atoms with Gasteiger partial charge in [0.1, 0.15) is 0 Å². The van der Waals surface area contributed by atoms with E-state index in [0.29, 0.717) is 35.9 Å². The molecule has 0 aliphatic heterocycles. The van der Waals surface area contributed by atoms with Crippen LogP contribution in [0.1, 0.15) is 40.1 Å². The van der Waals surface area contributed by atoms with Crippen LogP contribution in [0.25, 0.3) is 22.2 Å². The molecule has 9 nitrogen and oxygen atoms in total. The molecule has 0 aliphatic carbocycles. The number of aliphatic hydroxyl groups excluding tert-OH is 1. The number of fused-ring (bicyclic) bond motifs is 1. The number of carbonyl (C=O) groups is 2. The van der Waals surface area contributed by atoms with E-state index in [1.165, 1.54) is 0 Å². The first-order valence-corrected chi connectivity index (χ1v) is 14.5. The van der Waals surface area contributed by atoms with Crippen molar-refractivity contribution in [3.63, 3.8) is 0 Å². The van der Waals surface area contributed by atoms with Crippen molar-refractivity contribution in [1.29, 1.82) is 0 Å². The summed E-state index contributed by atoms with van der Waals surface area (Å²) >= 11 is 0. The molecule has 9 heteroatoms. The van der Waals surface area contributed by atoms with E-state index < -0.39 is 5.54 Å². The van der Waals surface area contributed by atoms with Crippen LogP contribution >= 0.6 is 0 Å². The summed E-state index contributed by atoms with van der Waals surface area (Å²) in [6.45, 7) is 6.65. The lowest BCUT2D eigenvalue weighted by Crippen LogP contribution is -2.50. The number of hydrogen-bond acceptors (Lipinski definition) is 7. The van der Waals surface area contributed by atoms with E-state index in [4.69, 9.17) is 15.1 Å². The summed E-state index contributed by atoms with van der Waals surface area (Å²) in [4.78, 5) is 35.6. The van der Waals surface area contributed by atoms with Crippen molar-refractivity contribution in [1.82, 2.24) is 20.6 Å². The van der Waals surface area contributed by atoms with E-state index in [9.17, 15) is 9.59 Å². The third-order valence-electron chi connectivity index (χ3n) is 7.11. The van der Waals surface area contributed by atoms with Gasteiger partial charge in [-0.3, -0.25) is 9.59 Å². The quantitative estimate of drug-likeness (QED) is 0.125. The number of hydrogen-bond donors (Lipinski definition) is 5. The number of anilines is 3. The van der Waals surface area contributed by atoms with E-state index in [2.05, 4.69) is 21.3 Å². The monoisotopic (exact) mass is 588 g/mol. The number of aliphatic hydroxyl groups is 1. The zero-order valence-corrected chi connectivity index (χ0v) is 25.0. The van der Waals surface area contributed by atoms with Crippen molar-refractivity contribution in [2.75, 3.05) is 30.3 Å². The molecule has 0 bridgehead atoms. The lowest BCUT2D eigenvalue weighted by Gasteiger charge is -2.27. The Balaban J connectivity index is 1.28. The molecule has 0 fully saturated rings. The van der Waals surface area contributed by atoms with Crippen LogP contribution in [0.15, 0.2) is 97.1 Å².